The summed E-state index contributed by atoms with van der Waals surface area (Å²) < 4.78 is 4.97. The molecule has 8 heteroatoms. The molecule has 120 valence electrons. The Bertz CT molecular complexity index is 574. The molecule has 0 bridgehead atoms. The van der Waals surface area contributed by atoms with E-state index in [0.29, 0.717) is 11.3 Å². The van der Waals surface area contributed by atoms with E-state index in [1.165, 1.54) is 18.2 Å². The Balaban J connectivity index is 2.68. The molecule has 0 aromatic heterocycles. The minimum absolute atomic E-state index is 0.0622. The first-order valence-electron chi connectivity index (χ1n) is 6.29. The van der Waals surface area contributed by atoms with Gasteiger partial charge in [-0.3, -0.25) is 9.59 Å². The van der Waals surface area contributed by atoms with E-state index in [4.69, 9.17) is 26.6 Å². The van der Waals surface area contributed by atoms with Crippen molar-refractivity contribution < 1.29 is 29.3 Å². The number of thioether (sulfide) groups is 1. The van der Waals surface area contributed by atoms with Crippen molar-refractivity contribution >= 4 is 41.1 Å². The molecular weight excluding hydrogens is 332 g/mol. The van der Waals surface area contributed by atoms with Crippen LogP contribution in [0.3, 0.4) is 0 Å². The van der Waals surface area contributed by atoms with Crippen LogP contribution in [0.2, 0.25) is 5.02 Å². The number of carbonyl (C=O) groups excluding carboxylic acids is 1. The fourth-order valence-corrected chi connectivity index (χ4v) is 2.66. The Morgan fingerprint density at radius 3 is 2.50 bits per heavy atom. The van der Waals surface area contributed by atoms with E-state index in [1.54, 1.807) is 6.92 Å². The van der Waals surface area contributed by atoms with E-state index < -0.39 is 18.5 Å². The van der Waals surface area contributed by atoms with Gasteiger partial charge in [0.25, 0.3) is 0 Å². The predicted molar refractivity (Wildman–Crippen MR) is 83.0 cm³/mol. The summed E-state index contributed by atoms with van der Waals surface area (Å²) in [5.41, 5.74) is 0.299. The Kier molecular flexibility index (Phi) is 7.20. The van der Waals surface area contributed by atoms with E-state index in [9.17, 15) is 14.4 Å². The maximum absolute atomic E-state index is 12.2. The molecule has 0 saturated heterocycles. The number of hydrogen-bond donors (Lipinski definition) is 2. The van der Waals surface area contributed by atoms with Crippen LogP contribution >= 0.6 is 23.4 Å². The van der Waals surface area contributed by atoms with Crippen LogP contribution in [0.1, 0.15) is 17.3 Å². The quantitative estimate of drug-likeness (QED) is 0.662. The molecule has 2 N–H and O–H groups in total. The smallest absolute Gasteiger partial charge is 0.341 e. The van der Waals surface area contributed by atoms with Crippen molar-refractivity contribution in [1.82, 2.24) is 0 Å². The molecule has 1 aromatic carbocycles. The van der Waals surface area contributed by atoms with Gasteiger partial charge in [-0.15, -0.1) is 11.8 Å². The normalized spacial score (nSPS) is 11.7. The van der Waals surface area contributed by atoms with Gasteiger partial charge in [-0.2, -0.15) is 0 Å². The van der Waals surface area contributed by atoms with Crippen molar-refractivity contribution in [1.29, 1.82) is 0 Å². The van der Waals surface area contributed by atoms with Crippen molar-refractivity contribution in [2.75, 3.05) is 18.1 Å². The highest BCUT2D eigenvalue weighted by Gasteiger charge is 2.19. The minimum Gasteiger partial charge on any atom is -0.482 e. The molecule has 1 atom stereocenters. The molecule has 0 aliphatic rings. The first-order chi connectivity index (χ1) is 10.3. The number of carbonyl (C=O) groups is 3. The lowest BCUT2D eigenvalue weighted by atomic mass is 10.0. The van der Waals surface area contributed by atoms with Crippen molar-refractivity contribution in [3.05, 3.63) is 28.8 Å². The standard InChI is InChI=1S/C14H15ClO6S/c1-8(6-22-7-13(18)19)14(20)10-3-2-9(4-11(10)15)21-5-12(16)17/h2-4,8H,5-7H2,1H3,(H,16,17)(H,18,19). The molecule has 0 fully saturated rings. The number of aliphatic carboxylic acids is 2. The van der Waals surface area contributed by atoms with E-state index >= 15 is 0 Å². The molecule has 1 rings (SSSR count). The number of benzene rings is 1. The Labute approximate surface area is 136 Å². The minimum atomic E-state index is -1.11. The molecule has 0 heterocycles. The first kappa shape index (κ1) is 18.3. The summed E-state index contributed by atoms with van der Waals surface area (Å²) in [6.45, 7) is 1.20. The van der Waals surface area contributed by atoms with Crippen LogP contribution in [0.5, 0.6) is 5.75 Å². The second-order valence-corrected chi connectivity index (χ2v) is 5.94. The summed E-state index contributed by atoms with van der Waals surface area (Å²) in [6, 6.07) is 4.33. The highest BCUT2D eigenvalue weighted by Crippen LogP contribution is 2.25. The maximum Gasteiger partial charge on any atom is 0.341 e. The highest BCUT2D eigenvalue weighted by molar-refractivity contribution is 7.99. The number of halogens is 1. The Hall–Kier alpha value is -1.73. The largest absolute Gasteiger partial charge is 0.482 e. The summed E-state index contributed by atoms with van der Waals surface area (Å²) in [5.74, 6) is -2.05. The molecule has 1 unspecified atom stereocenters. The summed E-state index contributed by atoms with van der Waals surface area (Å²) in [6.07, 6.45) is 0. The van der Waals surface area contributed by atoms with Crippen molar-refractivity contribution in [2.24, 2.45) is 5.92 Å². The second-order valence-electron chi connectivity index (χ2n) is 4.50. The molecule has 0 aliphatic carbocycles. The summed E-state index contributed by atoms with van der Waals surface area (Å²) in [5, 5.41) is 17.3. The van der Waals surface area contributed by atoms with Gasteiger partial charge in [0, 0.05) is 17.2 Å². The van der Waals surface area contributed by atoms with Gasteiger partial charge in [0.05, 0.1) is 10.8 Å². The topological polar surface area (TPSA) is 101 Å². The number of ether oxygens (including phenoxy) is 1. The lowest BCUT2D eigenvalue weighted by Gasteiger charge is -2.12. The van der Waals surface area contributed by atoms with Gasteiger partial charge in [-0.1, -0.05) is 18.5 Å². The highest BCUT2D eigenvalue weighted by atomic mass is 35.5. The average molecular weight is 347 g/mol. The molecule has 0 saturated carbocycles. The molecule has 0 amide bonds. The number of ketones is 1. The first-order valence-corrected chi connectivity index (χ1v) is 7.82. The van der Waals surface area contributed by atoms with Crippen LogP contribution in [-0.2, 0) is 9.59 Å². The zero-order chi connectivity index (χ0) is 16.7. The number of carboxylic acid groups (broad SMARTS) is 2. The van der Waals surface area contributed by atoms with Gasteiger partial charge in [0.1, 0.15) is 5.75 Å². The van der Waals surface area contributed by atoms with Gasteiger partial charge in [-0.05, 0) is 18.2 Å². The molecular formula is C14H15ClO6S. The monoisotopic (exact) mass is 346 g/mol. The molecule has 0 aliphatic heterocycles. The third-order valence-electron chi connectivity index (χ3n) is 2.61. The van der Waals surface area contributed by atoms with Crippen molar-refractivity contribution in [2.45, 2.75) is 6.92 Å². The van der Waals surface area contributed by atoms with E-state index in [1.807, 2.05) is 0 Å². The van der Waals surface area contributed by atoms with Gasteiger partial charge in [0.15, 0.2) is 12.4 Å². The van der Waals surface area contributed by atoms with E-state index in [-0.39, 0.29) is 28.2 Å². The van der Waals surface area contributed by atoms with Gasteiger partial charge in [-0.25, -0.2) is 4.79 Å². The van der Waals surface area contributed by atoms with E-state index in [2.05, 4.69) is 0 Å². The summed E-state index contributed by atoms with van der Waals surface area (Å²) in [4.78, 5) is 33.1. The molecule has 0 radical (unpaired) electrons. The lowest BCUT2D eigenvalue weighted by Crippen LogP contribution is -2.15. The Morgan fingerprint density at radius 2 is 1.95 bits per heavy atom. The van der Waals surface area contributed by atoms with Crippen LogP contribution in [0.4, 0.5) is 0 Å². The number of carboxylic acids is 2. The van der Waals surface area contributed by atoms with Gasteiger partial charge < -0.3 is 14.9 Å². The number of rotatable bonds is 9. The zero-order valence-corrected chi connectivity index (χ0v) is 13.3. The number of Topliss-reactive ketones (excluding diaryl/α,β-unsaturated/α-hetero) is 1. The van der Waals surface area contributed by atoms with Crippen LogP contribution in [0.15, 0.2) is 18.2 Å². The van der Waals surface area contributed by atoms with Gasteiger partial charge >= 0.3 is 11.9 Å². The third-order valence-corrected chi connectivity index (χ3v) is 4.11. The average Bonchev–Trinajstić information content (AvgIpc) is 2.44. The fraction of sp³-hybridized carbons (Fsp3) is 0.357. The predicted octanol–water partition coefficient (Wildman–Crippen LogP) is 2.44. The molecule has 0 spiro atoms. The Morgan fingerprint density at radius 1 is 1.27 bits per heavy atom. The van der Waals surface area contributed by atoms with Gasteiger partial charge in [0.2, 0.25) is 0 Å². The van der Waals surface area contributed by atoms with Crippen molar-refractivity contribution in [3.8, 4) is 5.75 Å². The van der Waals surface area contributed by atoms with Crippen molar-refractivity contribution in [3.63, 3.8) is 0 Å². The van der Waals surface area contributed by atoms with Crippen LogP contribution < -0.4 is 4.74 Å². The third kappa shape index (κ3) is 5.95. The second kappa shape index (κ2) is 8.65. The van der Waals surface area contributed by atoms with Crippen LogP contribution in [-0.4, -0.2) is 46.0 Å². The number of hydrogen-bond acceptors (Lipinski definition) is 5. The summed E-state index contributed by atoms with van der Waals surface area (Å²) in [7, 11) is 0. The van der Waals surface area contributed by atoms with Crippen LogP contribution in [0, 0.1) is 5.92 Å². The SMILES string of the molecule is CC(CSCC(=O)O)C(=O)c1ccc(OCC(=O)O)cc1Cl. The van der Waals surface area contributed by atoms with E-state index in [0.717, 1.165) is 11.8 Å². The maximum atomic E-state index is 12.2. The molecule has 22 heavy (non-hydrogen) atoms. The lowest BCUT2D eigenvalue weighted by molar-refractivity contribution is -0.139. The summed E-state index contributed by atoms with van der Waals surface area (Å²) >= 11 is 7.18. The molecule has 1 aromatic rings. The fourth-order valence-electron chi connectivity index (χ4n) is 1.59. The van der Waals surface area contributed by atoms with Crippen LogP contribution in [0.25, 0.3) is 0 Å². The zero-order valence-electron chi connectivity index (χ0n) is 11.7. The molecule has 6 nitrogen and oxygen atoms in total.